The van der Waals surface area contributed by atoms with E-state index in [0.29, 0.717) is 17.7 Å². The van der Waals surface area contributed by atoms with Crippen molar-refractivity contribution in [2.24, 2.45) is 0 Å². The Balaban J connectivity index is 2.60. The zero-order valence-electron chi connectivity index (χ0n) is 9.01. The molecule has 0 aliphatic heterocycles. The van der Waals surface area contributed by atoms with E-state index in [9.17, 15) is 4.79 Å². The molecule has 0 spiro atoms. The average molecular weight is 235 g/mol. The molecular formula is C12H13NO2S. The summed E-state index contributed by atoms with van der Waals surface area (Å²) in [6, 6.07) is 9.32. The summed E-state index contributed by atoms with van der Waals surface area (Å²) in [7, 11) is 0. The summed E-state index contributed by atoms with van der Waals surface area (Å²) in [6.07, 6.45) is 0.609. The molecule has 1 unspecified atom stereocenters. The number of benzene rings is 1. The van der Waals surface area contributed by atoms with Crippen LogP contribution in [0, 0.1) is 11.3 Å². The molecule has 0 bridgehead atoms. The molecule has 0 heterocycles. The van der Waals surface area contributed by atoms with Crippen LogP contribution >= 0.6 is 11.8 Å². The lowest BCUT2D eigenvalue weighted by Crippen LogP contribution is -2.15. The van der Waals surface area contributed by atoms with Gasteiger partial charge in [-0.25, -0.2) is 0 Å². The van der Waals surface area contributed by atoms with Crippen molar-refractivity contribution in [2.75, 3.05) is 0 Å². The van der Waals surface area contributed by atoms with Crippen molar-refractivity contribution in [3.8, 4) is 6.07 Å². The normalized spacial score (nSPS) is 11.8. The zero-order valence-corrected chi connectivity index (χ0v) is 9.83. The van der Waals surface area contributed by atoms with Crippen LogP contribution in [-0.2, 0) is 10.5 Å². The van der Waals surface area contributed by atoms with Crippen LogP contribution in [0.4, 0.5) is 0 Å². The Morgan fingerprint density at radius 2 is 2.38 bits per heavy atom. The molecule has 0 amide bonds. The number of nitrogens with zero attached hydrogens (tertiary/aromatic N) is 1. The molecule has 0 aliphatic carbocycles. The minimum atomic E-state index is -0.774. The highest BCUT2D eigenvalue weighted by Crippen LogP contribution is 2.20. The van der Waals surface area contributed by atoms with Crippen LogP contribution in [0.5, 0.6) is 0 Å². The van der Waals surface area contributed by atoms with Gasteiger partial charge in [-0.3, -0.25) is 4.79 Å². The van der Waals surface area contributed by atoms with Crippen LogP contribution in [-0.4, -0.2) is 16.3 Å². The Kier molecular flexibility index (Phi) is 4.87. The second kappa shape index (κ2) is 6.19. The van der Waals surface area contributed by atoms with Crippen molar-refractivity contribution in [1.29, 1.82) is 5.26 Å². The Hall–Kier alpha value is -1.47. The van der Waals surface area contributed by atoms with Gasteiger partial charge in [-0.05, 0) is 24.1 Å². The van der Waals surface area contributed by atoms with Crippen molar-refractivity contribution in [2.45, 2.75) is 24.3 Å². The second-order valence-corrected chi connectivity index (χ2v) is 4.55. The Bertz CT molecular complexity index is 412. The molecule has 0 fully saturated rings. The molecular weight excluding hydrogens is 222 g/mol. The molecule has 0 saturated carbocycles. The van der Waals surface area contributed by atoms with E-state index in [2.05, 4.69) is 6.07 Å². The molecule has 0 aromatic heterocycles. The Morgan fingerprint density at radius 1 is 1.62 bits per heavy atom. The Labute approximate surface area is 99.1 Å². The number of carbonyl (C=O) groups is 1. The predicted octanol–water partition coefficient (Wildman–Crippen LogP) is 2.65. The van der Waals surface area contributed by atoms with E-state index in [1.54, 1.807) is 12.1 Å². The predicted molar refractivity (Wildman–Crippen MR) is 64.2 cm³/mol. The highest BCUT2D eigenvalue weighted by atomic mass is 32.2. The quantitative estimate of drug-likeness (QED) is 0.852. The van der Waals surface area contributed by atoms with Gasteiger partial charge in [-0.1, -0.05) is 19.1 Å². The first-order chi connectivity index (χ1) is 7.67. The third kappa shape index (κ3) is 3.59. The van der Waals surface area contributed by atoms with Gasteiger partial charge in [0.1, 0.15) is 5.25 Å². The van der Waals surface area contributed by atoms with Crippen LogP contribution in [0.25, 0.3) is 0 Å². The van der Waals surface area contributed by atoms with Crippen molar-refractivity contribution < 1.29 is 9.90 Å². The van der Waals surface area contributed by atoms with E-state index in [4.69, 9.17) is 10.4 Å². The number of rotatable bonds is 5. The zero-order chi connectivity index (χ0) is 12.0. The maximum Gasteiger partial charge on any atom is 0.316 e. The lowest BCUT2D eigenvalue weighted by Gasteiger charge is -2.09. The third-order valence-corrected chi connectivity index (χ3v) is 3.59. The standard InChI is InChI=1S/C12H13NO2S/c1-2-11(12(14)15)16-8-10-5-3-4-9(6-10)7-13/h3-6,11H,2,8H2,1H3,(H,14,15). The highest BCUT2D eigenvalue weighted by molar-refractivity contribution is 7.99. The molecule has 1 N–H and O–H groups in total. The number of hydrogen-bond donors (Lipinski definition) is 1. The highest BCUT2D eigenvalue weighted by Gasteiger charge is 2.15. The van der Waals surface area contributed by atoms with Crippen LogP contribution in [0.3, 0.4) is 0 Å². The topological polar surface area (TPSA) is 61.1 Å². The van der Waals surface area contributed by atoms with Gasteiger partial charge < -0.3 is 5.11 Å². The largest absolute Gasteiger partial charge is 0.480 e. The molecule has 1 aromatic rings. The first-order valence-electron chi connectivity index (χ1n) is 5.00. The lowest BCUT2D eigenvalue weighted by atomic mass is 10.2. The van der Waals surface area contributed by atoms with E-state index in [1.165, 1.54) is 11.8 Å². The minimum absolute atomic E-state index is 0.370. The fourth-order valence-corrected chi connectivity index (χ4v) is 2.24. The van der Waals surface area contributed by atoms with Gasteiger partial charge in [0.25, 0.3) is 0 Å². The lowest BCUT2D eigenvalue weighted by molar-refractivity contribution is -0.136. The summed E-state index contributed by atoms with van der Waals surface area (Å²) in [5.41, 5.74) is 1.60. The van der Waals surface area contributed by atoms with Crippen molar-refractivity contribution >= 4 is 17.7 Å². The average Bonchev–Trinajstić information content (AvgIpc) is 2.29. The van der Waals surface area contributed by atoms with E-state index in [0.717, 1.165) is 5.56 Å². The van der Waals surface area contributed by atoms with Crippen molar-refractivity contribution in [3.05, 3.63) is 35.4 Å². The number of nitriles is 1. The molecule has 3 nitrogen and oxygen atoms in total. The summed E-state index contributed by atoms with van der Waals surface area (Å²) in [6.45, 7) is 1.86. The summed E-state index contributed by atoms with van der Waals surface area (Å²) in [5.74, 6) is -0.149. The first kappa shape index (κ1) is 12.6. The van der Waals surface area contributed by atoms with E-state index >= 15 is 0 Å². The third-order valence-electron chi connectivity index (χ3n) is 2.15. The van der Waals surface area contributed by atoms with Gasteiger partial charge in [0.15, 0.2) is 0 Å². The maximum atomic E-state index is 10.8. The number of aliphatic carboxylic acids is 1. The molecule has 16 heavy (non-hydrogen) atoms. The van der Waals surface area contributed by atoms with Crippen LogP contribution < -0.4 is 0 Å². The summed E-state index contributed by atoms with van der Waals surface area (Å²) >= 11 is 1.39. The summed E-state index contributed by atoms with van der Waals surface area (Å²) < 4.78 is 0. The smallest absolute Gasteiger partial charge is 0.316 e. The number of carboxylic acid groups (broad SMARTS) is 1. The molecule has 84 valence electrons. The van der Waals surface area contributed by atoms with Gasteiger partial charge in [0.2, 0.25) is 0 Å². The van der Waals surface area contributed by atoms with Gasteiger partial charge in [0, 0.05) is 5.75 Å². The van der Waals surface area contributed by atoms with Crippen LogP contribution in [0.15, 0.2) is 24.3 Å². The van der Waals surface area contributed by atoms with E-state index < -0.39 is 5.97 Å². The fraction of sp³-hybridized carbons (Fsp3) is 0.333. The van der Waals surface area contributed by atoms with E-state index in [-0.39, 0.29) is 5.25 Å². The Morgan fingerprint density at radius 3 is 2.94 bits per heavy atom. The minimum Gasteiger partial charge on any atom is -0.480 e. The second-order valence-electron chi connectivity index (χ2n) is 3.36. The van der Waals surface area contributed by atoms with Crippen LogP contribution in [0.1, 0.15) is 24.5 Å². The SMILES string of the molecule is CCC(SCc1cccc(C#N)c1)C(=O)O. The van der Waals surface area contributed by atoms with Crippen LogP contribution in [0.2, 0.25) is 0 Å². The monoisotopic (exact) mass is 235 g/mol. The summed E-state index contributed by atoms with van der Waals surface area (Å²) in [4.78, 5) is 10.8. The number of carboxylic acids is 1. The first-order valence-corrected chi connectivity index (χ1v) is 6.05. The maximum absolute atomic E-state index is 10.8. The van der Waals surface area contributed by atoms with Gasteiger partial charge >= 0.3 is 5.97 Å². The van der Waals surface area contributed by atoms with Crippen molar-refractivity contribution in [1.82, 2.24) is 0 Å². The molecule has 0 aliphatic rings. The van der Waals surface area contributed by atoms with Gasteiger partial charge in [-0.15, -0.1) is 11.8 Å². The molecule has 1 atom stereocenters. The summed E-state index contributed by atoms with van der Waals surface area (Å²) in [5, 5.41) is 17.2. The van der Waals surface area contributed by atoms with Gasteiger partial charge in [-0.2, -0.15) is 5.26 Å². The molecule has 4 heteroatoms. The molecule has 1 aromatic carbocycles. The molecule has 0 saturated heterocycles. The van der Waals surface area contributed by atoms with Crippen molar-refractivity contribution in [3.63, 3.8) is 0 Å². The molecule has 1 rings (SSSR count). The number of thioether (sulfide) groups is 1. The number of hydrogen-bond acceptors (Lipinski definition) is 3. The molecule has 0 radical (unpaired) electrons. The van der Waals surface area contributed by atoms with Gasteiger partial charge in [0.05, 0.1) is 11.6 Å². The van der Waals surface area contributed by atoms with E-state index in [1.807, 2.05) is 19.1 Å². The fourth-order valence-electron chi connectivity index (χ4n) is 1.29.